The molecule has 0 spiro atoms. The minimum absolute atomic E-state index is 0.0866. The lowest BCUT2D eigenvalue weighted by molar-refractivity contribution is 0.190. The first-order valence-electron chi connectivity index (χ1n) is 13.5. The number of rotatable bonds is 5. The smallest absolute Gasteiger partial charge is 0.0966 e. The summed E-state index contributed by atoms with van der Waals surface area (Å²) >= 11 is 0. The van der Waals surface area contributed by atoms with Crippen molar-refractivity contribution < 1.29 is 0 Å². The predicted octanol–water partition coefficient (Wildman–Crippen LogP) is 5.96. The van der Waals surface area contributed by atoms with Crippen molar-refractivity contribution in [2.45, 2.75) is 24.9 Å². The molecule has 0 unspecified atom stereocenters. The Morgan fingerprint density at radius 3 is 1.86 bits per heavy atom. The Balaban J connectivity index is 1.15. The molecule has 1 saturated heterocycles. The fraction of sp³-hybridized carbons (Fsp3) is 0.242. The molecule has 1 aliphatic carbocycles. The van der Waals surface area contributed by atoms with E-state index in [0.717, 1.165) is 31.7 Å². The molecule has 5 aromatic rings. The number of fused-ring (bicyclic) bond motifs is 2. The quantitative estimate of drug-likeness (QED) is 0.307. The van der Waals surface area contributed by atoms with E-state index >= 15 is 0 Å². The highest BCUT2D eigenvalue weighted by Crippen LogP contribution is 2.32. The molecule has 0 radical (unpaired) electrons. The zero-order valence-electron chi connectivity index (χ0n) is 21.1. The van der Waals surface area contributed by atoms with Crippen LogP contribution in [0.3, 0.4) is 0 Å². The van der Waals surface area contributed by atoms with E-state index in [1.165, 1.54) is 35.2 Å². The van der Waals surface area contributed by atoms with Crippen LogP contribution in [-0.4, -0.2) is 46.7 Å². The van der Waals surface area contributed by atoms with Crippen molar-refractivity contribution in [1.29, 1.82) is 0 Å². The van der Waals surface area contributed by atoms with Crippen molar-refractivity contribution in [3.63, 3.8) is 0 Å². The second-order valence-corrected chi connectivity index (χ2v) is 10.4. The minimum Gasteiger partial charge on any atom is -0.369 e. The molecule has 0 saturated carbocycles. The minimum atomic E-state index is 0.0866. The Labute approximate surface area is 218 Å². The Kier molecular flexibility index (Phi) is 5.75. The van der Waals surface area contributed by atoms with E-state index in [2.05, 4.69) is 117 Å². The summed E-state index contributed by atoms with van der Waals surface area (Å²) in [6, 6.07) is 38.0. The largest absolute Gasteiger partial charge is 0.369 e. The fourth-order valence-corrected chi connectivity index (χ4v) is 6.34. The average molecular weight is 485 g/mol. The third-order valence-corrected chi connectivity index (χ3v) is 8.29. The van der Waals surface area contributed by atoms with Crippen LogP contribution in [0.1, 0.15) is 28.3 Å². The summed E-state index contributed by atoms with van der Waals surface area (Å²) in [7, 11) is 0. The SMILES string of the molecule is c1ccc(C(c2ccccc2)n2cnc3ccc(N4CCN(C5Cc6ccccc6C5)CC4)cc32)cc1. The Morgan fingerprint density at radius 1 is 0.649 bits per heavy atom. The first-order valence-corrected chi connectivity index (χ1v) is 13.5. The molecule has 1 aliphatic heterocycles. The van der Waals surface area contributed by atoms with E-state index in [1.54, 1.807) is 11.1 Å². The number of hydrogen-bond donors (Lipinski definition) is 0. The fourth-order valence-electron chi connectivity index (χ4n) is 6.34. The summed E-state index contributed by atoms with van der Waals surface area (Å²) in [6.45, 7) is 4.36. The molecule has 0 amide bonds. The number of anilines is 1. The number of piperazine rings is 1. The number of imidazole rings is 1. The van der Waals surface area contributed by atoms with E-state index in [0.29, 0.717) is 6.04 Å². The van der Waals surface area contributed by atoms with Gasteiger partial charge in [0.2, 0.25) is 0 Å². The summed E-state index contributed by atoms with van der Waals surface area (Å²) < 4.78 is 2.34. The summed E-state index contributed by atoms with van der Waals surface area (Å²) in [4.78, 5) is 10.1. The maximum absolute atomic E-state index is 4.80. The summed E-state index contributed by atoms with van der Waals surface area (Å²) in [5.41, 5.74) is 9.14. The second-order valence-electron chi connectivity index (χ2n) is 10.4. The van der Waals surface area contributed by atoms with Gasteiger partial charge in [0.15, 0.2) is 0 Å². The lowest BCUT2D eigenvalue weighted by Crippen LogP contribution is -2.50. The number of hydrogen-bond acceptors (Lipinski definition) is 3. The van der Waals surface area contributed by atoms with Gasteiger partial charge in [-0.1, -0.05) is 84.9 Å². The van der Waals surface area contributed by atoms with Crippen molar-refractivity contribution in [1.82, 2.24) is 14.5 Å². The van der Waals surface area contributed by atoms with Gasteiger partial charge < -0.3 is 9.47 Å². The van der Waals surface area contributed by atoms with Crippen LogP contribution < -0.4 is 4.90 Å². The van der Waals surface area contributed by atoms with Gasteiger partial charge in [-0.25, -0.2) is 4.98 Å². The van der Waals surface area contributed by atoms with Crippen LogP contribution >= 0.6 is 0 Å². The topological polar surface area (TPSA) is 24.3 Å². The van der Waals surface area contributed by atoms with Gasteiger partial charge in [-0.15, -0.1) is 0 Å². The molecule has 7 rings (SSSR count). The first-order chi connectivity index (χ1) is 18.3. The maximum Gasteiger partial charge on any atom is 0.0966 e. The Hall–Kier alpha value is -3.89. The first kappa shape index (κ1) is 22.3. The Morgan fingerprint density at radius 2 is 1.24 bits per heavy atom. The van der Waals surface area contributed by atoms with Crippen LogP contribution in [0.4, 0.5) is 5.69 Å². The molecular weight excluding hydrogens is 452 g/mol. The van der Waals surface area contributed by atoms with Gasteiger partial charge in [-0.2, -0.15) is 0 Å². The van der Waals surface area contributed by atoms with Crippen molar-refractivity contribution >= 4 is 16.7 Å². The van der Waals surface area contributed by atoms with Gasteiger partial charge in [0.05, 0.1) is 23.4 Å². The van der Waals surface area contributed by atoms with Crippen LogP contribution in [0.25, 0.3) is 11.0 Å². The van der Waals surface area contributed by atoms with Crippen LogP contribution in [-0.2, 0) is 12.8 Å². The van der Waals surface area contributed by atoms with Gasteiger partial charge in [-0.05, 0) is 53.3 Å². The van der Waals surface area contributed by atoms with E-state index in [-0.39, 0.29) is 6.04 Å². The molecule has 184 valence electrons. The van der Waals surface area contributed by atoms with Gasteiger partial charge in [0, 0.05) is 37.9 Å². The standard InChI is InChI=1S/C33H32N4/c1-3-9-25(10-4-1)33(26-11-5-2-6-12-26)37-24-34-31-16-15-29(23-32(31)37)35-17-19-36(20-18-35)30-21-27-13-7-8-14-28(27)22-30/h1-16,23-24,30,33H,17-22H2. The van der Waals surface area contributed by atoms with Gasteiger partial charge >= 0.3 is 0 Å². The molecule has 2 heterocycles. The van der Waals surface area contributed by atoms with Crippen LogP contribution in [0.5, 0.6) is 0 Å². The molecule has 0 atom stereocenters. The van der Waals surface area contributed by atoms with Gasteiger partial charge in [0.25, 0.3) is 0 Å². The molecule has 2 aliphatic rings. The van der Waals surface area contributed by atoms with Crippen molar-refractivity contribution in [2.24, 2.45) is 0 Å². The maximum atomic E-state index is 4.80. The van der Waals surface area contributed by atoms with E-state index < -0.39 is 0 Å². The summed E-state index contributed by atoms with van der Waals surface area (Å²) in [5.74, 6) is 0. The highest BCUT2D eigenvalue weighted by Gasteiger charge is 2.29. The number of benzene rings is 4. The molecule has 1 aromatic heterocycles. The zero-order chi connectivity index (χ0) is 24.6. The molecular formula is C33H32N4. The normalized spacial score (nSPS) is 16.5. The second kappa shape index (κ2) is 9.53. The third kappa shape index (κ3) is 4.21. The molecule has 4 heteroatoms. The average Bonchev–Trinajstić information content (AvgIpc) is 3.59. The lowest BCUT2D eigenvalue weighted by atomic mass is 9.98. The van der Waals surface area contributed by atoms with Gasteiger partial charge in [-0.3, -0.25) is 4.90 Å². The zero-order valence-corrected chi connectivity index (χ0v) is 21.1. The van der Waals surface area contributed by atoms with E-state index in [1.807, 2.05) is 6.33 Å². The number of aromatic nitrogens is 2. The molecule has 0 bridgehead atoms. The third-order valence-electron chi connectivity index (χ3n) is 8.29. The van der Waals surface area contributed by atoms with Gasteiger partial charge in [0.1, 0.15) is 0 Å². The molecule has 4 nitrogen and oxygen atoms in total. The van der Waals surface area contributed by atoms with Crippen LogP contribution in [0.2, 0.25) is 0 Å². The monoisotopic (exact) mass is 484 g/mol. The van der Waals surface area contributed by atoms with Crippen molar-refractivity contribution in [2.75, 3.05) is 31.1 Å². The van der Waals surface area contributed by atoms with E-state index in [9.17, 15) is 0 Å². The van der Waals surface area contributed by atoms with Crippen molar-refractivity contribution in [3.8, 4) is 0 Å². The molecule has 0 N–H and O–H groups in total. The Bertz CT molecular complexity index is 1440. The number of nitrogens with zero attached hydrogens (tertiary/aromatic N) is 4. The molecule has 1 fully saturated rings. The summed E-state index contributed by atoms with van der Waals surface area (Å²) in [5, 5.41) is 0. The highest BCUT2D eigenvalue weighted by molar-refractivity contribution is 5.80. The summed E-state index contributed by atoms with van der Waals surface area (Å²) in [6.07, 6.45) is 4.40. The predicted molar refractivity (Wildman–Crippen MR) is 151 cm³/mol. The lowest BCUT2D eigenvalue weighted by Gasteiger charge is -2.39. The van der Waals surface area contributed by atoms with Crippen LogP contribution in [0.15, 0.2) is 109 Å². The van der Waals surface area contributed by atoms with Crippen molar-refractivity contribution in [3.05, 3.63) is 132 Å². The molecule has 37 heavy (non-hydrogen) atoms. The van der Waals surface area contributed by atoms with E-state index in [4.69, 9.17) is 4.98 Å². The van der Waals surface area contributed by atoms with Crippen LogP contribution in [0, 0.1) is 0 Å². The molecule has 4 aromatic carbocycles. The highest BCUT2D eigenvalue weighted by atomic mass is 15.3.